The molecule has 0 aliphatic rings. The van der Waals surface area contributed by atoms with Gasteiger partial charge in [-0.3, -0.25) is 0 Å². The van der Waals surface area contributed by atoms with Crippen molar-refractivity contribution in [3.8, 4) is 6.19 Å². The van der Waals surface area contributed by atoms with Gasteiger partial charge in [-0.05, 0) is 12.3 Å². The van der Waals surface area contributed by atoms with Crippen molar-refractivity contribution in [3.63, 3.8) is 0 Å². The molecule has 0 radical (unpaired) electrons. The first-order chi connectivity index (χ1) is 4.88. The SMILES string of the molecule is N#CN.O=C([O-])[O-].O=C([O-])[O-].[Ca+2].[Ca+2]. The molecule has 64 valence electrons. The van der Waals surface area contributed by atoms with Crippen LogP contribution in [0, 0.1) is 11.5 Å². The second-order valence-electron chi connectivity index (χ2n) is 0.629. The molecule has 0 heterocycles. The molecule has 0 aromatic heterocycles. The summed E-state index contributed by atoms with van der Waals surface area (Å²) in [5, 5.41) is 40.4. The summed E-state index contributed by atoms with van der Waals surface area (Å²) >= 11 is 0. The zero-order valence-corrected chi connectivity index (χ0v) is 10.8. The Balaban J connectivity index is -0.0000000231. The van der Waals surface area contributed by atoms with E-state index >= 15 is 0 Å². The molecule has 0 aromatic carbocycles. The Morgan fingerprint density at radius 3 is 1.00 bits per heavy atom. The van der Waals surface area contributed by atoms with Gasteiger partial charge in [0.05, 0.1) is 0 Å². The summed E-state index contributed by atoms with van der Waals surface area (Å²) in [7, 11) is 0. The fourth-order valence-electron chi connectivity index (χ4n) is 0. The summed E-state index contributed by atoms with van der Waals surface area (Å²) in [5.74, 6) is 0. The van der Waals surface area contributed by atoms with Gasteiger partial charge in [-0.1, -0.05) is 0 Å². The zero-order valence-electron chi connectivity index (χ0n) is 6.39. The number of carbonyl (C=O) groups is 2. The van der Waals surface area contributed by atoms with Gasteiger partial charge < -0.3 is 35.7 Å². The molecule has 0 rings (SSSR count). The van der Waals surface area contributed by atoms with Gasteiger partial charge in [0, 0.05) is 0 Å². The van der Waals surface area contributed by atoms with Gasteiger partial charge in [0.25, 0.3) is 0 Å². The Morgan fingerprint density at radius 1 is 1.00 bits per heavy atom. The molecule has 0 atom stereocenters. The molecule has 13 heavy (non-hydrogen) atoms. The average Bonchev–Trinajstić information content (AvgIpc) is 1.60. The van der Waals surface area contributed by atoms with Crippen molar-refractivity contribution >= 4 is 87.8 Å². The van der Waals surface area contributed by atoms with E-state index in [0.29, 0.717) is 0 Å². The zero-order chi connectivity index (χ0) is 9.86. The number of carboxylic acid groups (broad SMARTS) is 4. The molecule has 0 aliphatic heterocycles. The molecular weight excluding hydrogens is 240 g/mol. The van der Waals surface area contributed by atoms with E-state index in [1.807, 2.05) is 0 Å². The van der Waals surface area contributed by atoms with Crippen molar-refractivity contribution in [1.82, 2.24) is 0 Å². The molecule has 2 N–H and O–H groups in total. The molecule has 0 aromatic rings. The molecule has 8 nitrogen and oxygen atoms in total. The monoisotopic (exact) mass is 242 g/mol. The first-order valence-corrected chi connectivity index (χ1v) is 1.74. The van der Waals surface area contributed by atoms with Crippen molar-refractivity contribution in [2.75, 3.05) is 0 Å². The fourth-order valence-corrected chi connectivity index (χ4v) is 0. The third-order valence-corrected chi connectivity index (χ3v) is 0. The number of nitrogens with zero attached hydrogens (tertiary/aromatic N) is 1. The summed E-state index contributed by atoms with van der Waals surface area (Å²) in [6.45, 7) is 0. The topological polar surface area (TPSA) is 176 Å². The van der Waals surface area contributed by atoms with Gasteiger partial charge in [0.2, 0.25) is 0 Å². The van der Waals surface area contributed by atoms with Crippen molar-refractivity contribution in [1.29, 1.82) is 5.26 Å². The van der Waals surface area contributed by atoms with Gasteiger partial charge in [0.15, 0.2) is 6.19 Å². The van der Waals surface area contributed by atoms with E-state index < -0.39 is 12.3 Å². The molecule has 0 amide bonds. The van der Waals surface area contributed by atoms with Crippen LogP contribution < -0.4 is 26.2 Å². The fraction of sp³-hybridized carbons (Fsp3) is 0. The van der Waals surface area contributed by atoms with Crippen LogP contribution in [0.1, 0.15) is 0 Å². The molecule has 0 spiro atoms. The quantitative estimate of drug-likeness (QED) is 0.247. The summed E-state index contributed by atoms with van der Waals surface area (Å²) in [5.41, 5.74) is 4.15. The summed E-state index contributed by atoms with van der Waals surface area (Å²) < 4.78 is 0. The number of hydrogen-bond donors (Lipinski definition) is 1. The van der Waals surface area contributed by atoms with E-state index in [0.717, 1.165) is 0 Å². The second-order valence-corrected chi connectivity index (χ2v) is 0.629. The normalized spacial score (nSPS) is 4.23. The van der Waals surface area contributed by atoms with E-state index in [9.17, 15) is 0 Å². The minimum Gasteiger partial charge on any atom is -0.652 e. The Hall–Kier alpha value is 0.349. The van der Waals surface area contributed by atoms with Crippen LogP contribution in [0.2, 0.25) is 0 Å². The van der Waals surface area contributed by atoms with Crippen molar-refractivity contribution in [2.24, 2.45) is 5.73 Å². The third kappa shape index (κ3) is 10800. The maximum absolute atomic E-state index is 8.33. The first-order valence-electron chi connectivity index (χ1n) is 1.74. The molecule has 0 saturated carbocycles. The van der Waals surface area contributed by atoms with E-state index in [1.54, 1.807) is 0 Å². The Kier molecular flexibility index (Phi) is 66.2. The second kappa shape index (κ2) is 29.5. The predicted octanol–water partition coefficient (Wildman–Crippen LogP) is -6.23. The van der Waals surface area contributed by atoms with Crippen LogP contribution in [0.15, 0.2) is 0 Å². The van der Waals surface area contributed by atoms with E-state index in [4.69, 9.17) is 35.3 Å². The van der Waals surface area contributed by atoms with Crippen LogP contribution in [0.25, 0.3) is 0 Å². The standard InChI is InChI=1S/CH2N2.2CH2O3.2Ca/c2-1-3;2*2-1(3)4;;/h2H2;2*(H2,2,3,4);;/q;;;2*+2/p-4. The number of nitriles is 1. The molecule has 10 heteroatoms. The van der Waals surface area contributed by atoms with Crippen molar-refractivity contribution in [2.45, 2.75) is 0 Å². The molecule has 0 unspecified atom stereocenters. The average molecular weight is 242 g/mol. The van der Waals surface area contributed by atoms with Gasteiger partial charge >= 0.3 is 75.5 Å². The number of carbonyl (C=O) groups excluding carboxylic acids is 2. The summed E-state index contributed by atoms with van der Waals surface area (Å²) in [4.78, 5) is 16.7. The smallest absolute Gasteiger partial charge is 0.652 e. The minimum absolute atomic E-state index is 0. The van der Waals surface area contributed by atoms with Crippen molar-refractivity contribution in [3.05, 3.63) is 0 Å². The van der Waals surface area contributed by atoms with Gasteiger partial charge in [0.1, 0.15) is 0 Å². The van der Waals surface area contributed by atoms with Crippen LogP contribution in [-0.4, -0.2) is 87.8 Å². The Morgan fingerprint density at radius 2 is 1.00 bits per heavy atom. The third-order valence-electron chi connectivity index (χ3n) is 0. The first kappa shape index (κ1) is 29.2. The maximum Gasteiger partial charge on any atom is 2.00 e. The molecule has 0 saturated heterocycles. The largest absolute Gasteiger partial charge is 2.00 e. The maximum atomic E-state index is 8.33. The molecule has 0 aliphatic carbocycles. The van der Waals surface area contributed by atoms with Crippen LogP contribution >= 0.6 is 0 Å². The van der Waals surface area contributed by atoms with Gasteiger partial charge in [-0.15, -0.1) is 0 Å². The van der Waals surface area contributed by atoms with E-state index in [1.165, 1.54) is 6.19 Å². The molecule has 0 bridgehead atoms. The Labute approximate surface area is 133 Å². The van der Waals surface area contributed by atoms with Crippen LogP contribution in [0.4, 0.5) is 9.59 Å². The van der Waals surface area contributed by atoms with Crippen LogP contribution in [0.3, 0.4) is 0 Å². The van der Waals surface area contributed by atoms with Crippen LogP contribution in [-0.2, 0) is 0 Å². The molecular formula is C3H2Ca2N2O6. The summed E-state index contributed by atoms with van der Waals surface area (Å²) in [6.07, 6.45) is -3.42. The minimum atomic E-state index is -2.33. The molecule has 0 fully saturated rings. The number of hydrogen-bond acceptors (Lipinski definition) is 8. The van der Waals surface area contributed by atoms with Gasteiger partial charge in [-0.25, -0.2) is 0 Å². The Bertz CT molecular complexity index is 136. The number of nitrogens with two attached hydrogens (primary N) is 1. The number of rotatable bonds is 0. The van der Waals surface area contributed by atoms with Crippen LogP contribution in [0.5, 0.6) is 0 Å². The predicted molar refractivity (Wildman–Crippen MR) is 32.1 cm³/mol. The van der Waals surface area contributed by atoms with E-state index in [-0.39, 0.29) is 75.5 Å². The van der Waals surface area contributed by atoms with E-state index in [2.05, 4.69) is 5.73 Å². The van der Waals surface area contributed by atoms with Crippen molar-refractivity contribution < 1.29 is 30.0 Å². The summed E-state index contributed by atoms with van der Waals surface area (Å²) in [6, 6.07) is 0. The van der Waals surface area contributed by atoms with Gasteiger partial charge in [-0.2, -0.15) is 5.26 Å².